The van der Waals surface area contributed by atoms with Crippen LogP contribution in [0.5, 0.6) is 0 Å². The first-order valence-corrected chi connectivity index (χ1v) is 13.0. The fourth-order valence-electron chi connectivity index (χ4n) is 5.28. The summed E-state index contributed by atoms with van der Waals surface area (Å²) in [5, 5.41) is 10.3. The van der Waals surface area contributed by atoms with E-state index in [4.69, 9.17) is 15.2 Å². The SMILES string of the molecule is CC[C@@H]1CN(c2cc(=O)n(C)n3cc(CC#N)nc23)[C@@H](C)CN1C(C)c1ccc2cc(C)sc2n1. The lowest BCUT2D eigenvalue weighted by Crippen LogP contribution is -2.58. The van der Waals surface area contributed by atoms with Crippen LogP contribution in [0.15, 0.2) is 35.3 Å². The van der Waals surface area contributed by atoms with Crippen LogP contribution in [0.3, 0.4) is 0 Å². The van der Waals surface area contributed by atoms with Gasteiger partial charge < -0.3 is 4.90 Å². The maximum absolute atomic E-state index is 12.8. The number of thiophene rings is 1. The Morgan fingerprint density at radius 1 is 1.26 bits per heavy atom. The Labute approximate surface area is 209 Å². The fourth-order valence-corrected chi connectivity index (χ4v) is 6.17. The van der Waals surface area contributed by atoms with Gasteiger partial charge >= 0.3 is 0 Å². The first-order chi connectivity index (χ1) is 16.8. The number of hydrogen-bond acceptors (Lipinski definition) is 7. The average molecular weight is 490 g/mol. The maximum atomic E-state index is 12.8. The van der Waals surface area contributed by atoms with E-state index in [1.807, 2.05) is 0 Å². The first-order valence-electron chi connectivity index (χ1n) is 12.2. The van der Waals surface area contributed by atoms with E-state index < -0.39 is 0 Å². The van der Waals surface area contributed by atoms with Crippen LogP contribution in [0.25, 0.3) is 15.9 Å². The van der Waals surface area contributed by atoms with Gasteiger partial charge in [0.25, 0.3) is 5.56 Å². The molecule has 0 aromatic carbocycles. The molecular formula is C26H31N7OS. The Hall–Kier alpha value is -3.22. The van der Waals surface area contributed by atoms with Crippen LogP contribution in [-0.2, 0) is 13.5 Å². The Morgan fingerprint density at radius 2 is 2.06 bits per heavy atom. The van der Waals surface area contributed by atoms with Gasteiger partial charge in [0.15, 0.2) is 5.65 Å². The summed E-state index contributed by atoms with van der Waals surface area (Å²) in [5.74, 6) is 0. The number of fused-ring (bicyclic) bond motifs is 2. The summed E-state index contributed by atoms with van der Waals surface area (Å²) in [6.45, 7) is 10.5. The van der Waals surface area contributed by atoms with Crippen LogP contribution in [0.4, 0.5) is 5.69 Å². The van der Waals surface area contributed by atoms with Gasteiger partial charge in [0.2, 0.25) is 0 Å². The molecule has 3 atom stereocenters. The van der Waals surface area contributed by atoms with Gasteiger partial charge in [-0.05, 0) is 39.3 Å². The third-order valence-electron chi connectivity index (χ3n) is 7.25. The van der Waals surface area contributed by atoms with E-state index in [0.29, 0.717) is 11.7 Å². The van der Waals surface area contributed by atoms with Crippen molar-refractivity contribution in [2.75, 3.05) is 18.0 Å². The molecule has 4 aromatic rings. The van der Waals surface area contributed by atoms with Gasteiger partial charge in [0.1, 0.15) is 4.83 Å². The van der Waals surface area contributed by atoms with Gasteiger partial charge in [-0.1, -0.05) is 13.0 Å². The molecule has 0 aliphatic carbocycles. The highest BCUT2D eigenvalue weighted by Gasteiger charge is 2.35. The number of piperazine rings is 1. The monoisotopic (exact) mass is 489 g/mol. The van der Waals surface area contributed by atoms with Crippen molar-refractivity contribution in [3.8, 4) is 6.07 Å². The average Bonchev–Trinajstić information content (AvgIpc) is 3.43. The third-order valence-corrected chi connectivity index (χ3v) is 8.21. The van der Waals surface area contributed by atoms with Crippen LogP contribution >= 0.6 is 11.3 Å². The predicted octanol–water partition coefficient (Wildman–Crippen LogP) is 4.07. The second-order valence-corrected chi connectivity index (χ2v) is 10.8. The minimum Gasteiger partial charge on any atom is -0.363 e. The Balaban J connectivity index is 1.48. The van der Waals surface area contributed by atoms with E-state index in [2.05, 4.69) is 61.8 Å². The Morgan fingerprint density at radius 3 is 2.80 bits per heavy atom. The van der Waals surface area contributed by atoms with E-state index in [-0.39, 0.29) is 24.1 Å². The van der Waals surface area contributed by atoms with Gasteiger partial charge in [-0.15, -0.1) is 11.3 Å². The minimum absolute atomic E-state index is 0.0896. The van der Waals surface area contributed by atoms with Gasteiger partial charge in [-0.3, -0.25) is 9.69 Å². The molecule has 182 valence electrons. The molecule has 1 aliphatic rings. The number of pyridine rings is 1. The summed E-state index contributed by atoms with van der Waals surface area (Å²) in [4.78, 5) is 29.8. The molecule has 5 rings (SSSR count). The third kappa shape index (κ3) is 4.11. The van der Waals surface area contributed by atoms with Gasteiger partial charge in [0.05, 0.1) is 35.8 Å². The van der Waals surface area contributed by atoms with Crippen LogP contribution in [0, 0.1) is 18.3 Å². The smallest absolute Gasteiger partial charge is 0.267 e. The standard InChI is InChI=1S/C26H31N7OS/c1-6-21-15-31(23-12-24(34)30(5)33-14-20(9-10-27)28-25(23)33)16(2)13-32(21)18(4)22-8-7-19-11-17(3)35-26(19)29-22/h7-8,11-12,14,16,18,21H,6,9,13,15H2,1-5H3/t16-,18?,21+/m0/s1. The molecule has 0 bridgehead atoms. The summed E-state index contributed by atoms with van der Waals surface area (Å²) in [7, 11) is 1.73. The molecular weight excluding hydrogens is 458 g/mol. The molecule has 1 saturated heterocycles. The second kappa shape index (κ2) is 9.10. The minimum atomic E-state index is -0.0896. The van der Waals surface area contributed by atoms with Crippen molar-refractivity contribution in [1.82, 2.24) is 24.1 Å². The van der Waals surface area contributed by atoms with Crippen molar-refractivity contribution in [2.45, 2.75) is 58.7 Å². The molecule has 1 fully saturated rings. The second-order valence-electron chi connectivity index (χ2n) is 9.55. The van der Waals surface area contributed by atoms with E-state index in [1.165, 1.54) is 10.3 Å². The molecule has 0 amide bonds. The predicted molar refractivity (Wildman–Crippen MR) is 140 cm³/mol. The van der Waals surface area contributed by atoms with Crippen molar-refractivity contribution >= 4 is 32.9 Å². The molecule has 0 spiro atoms. The Bertz CT molecular complexity index is 1490. The van der Waals surface area contributed by atoms with Crippen LogP contribution in [0.2, 0.25) is 0 Å². The number of anilines is 1. The molecule has 0 saturated carbocycles. The molecule has 9 heteroatoms. The van der Waals surface area contributed by atoms with Crippen molar-refractivity contribution in [1.29, 1.82) is 5.26 Å². The van der Waals surface area contributed by atoms with Gasteiger partial charge in [-0.2, -0.15) is 5.26 Å². The van der Waals surface area contributed by atoms with Crippen LogP contribution in [-0.4, -0.2) is 49.2 Å². The molecule has 0 radical (unpaired) electrons. The number of nitrogens with zero attached hydrogens (tertiary/aromatic N) is 7. The highest BCUT2D eigenvalue weighted by molar-refractivity contribution is 7.18. The quantitative estimate of drug-likeness (QED) is 0.420. The van der Waals surface area contributed by atoms with Gasteiger partial charge in [0, 0.05) is 54.6 Å². The molecule has 35 heavy (non-hydrogen) atoms. The highest BCUT2D eigenvalue weighted by Crippen LogP contribution is 2.33. The van der Waals surface area contributed by atoms with Crippen LogP contribution in [0.1, 0.15) is 49.5 Å². The van der Waals surface area contributed by atoms with Crippen molar-refractivity contribution in [2.24, 2.45) is 7.05 Å². The van der Waals surface area contributed by atoms with Crippen LogP contribution < -0.4 is 10.5 Å². The zero-order valence-corrected chi connectivity index (χ0v) is 21.7. The number of rotatable bonds is 5. The molecule has 1 unspecified atom stereocenters. The fraction of sp³-hybridized carbons (Fsp3) is 0.462. The summed E-state index contributed by atoms with van der Waals surface area (Å²) in [5.41, 5.74) is 3.24. The zero-order valence-electron chi connectivity index (χ0n) is 20.9. The first kappa shape index (κ1) is 23.5. The lowest BCUT2D eigenvalue weighted by Gasteiger charge is -2.48. The molecule has 4 aromatic heterocycles. The van der Waals surface area contributed by atoms with E-state index in [1.54, 1.807) is 39.8 Å². The van der Waals surface area contributed by atoms with Gasteiger partial charge in [-0.25, -0.2) is 19.2 Å². The van der Waals surface area contributed by atoms with E-state index in [0.717, 1.165) is 41.4 Å². The number of nitriles is 1. The Kier molecular flexibility index (Phi) is 6.11. The number of hydrogen-bond donors (Lipinski definition) is 0. The zero-order chi connectivity index (χ0) is 24.9. The summed E-state index contributed by atoms with van der Waals surface area (Å²) < 4.78 is 3.32. The molecule has 1 aliphatic heterocycles. The normalized spacial score (nSPS) is 19.9. The maximum Gasteiger partial charge on any atom is 0.267 e. The summed E-state index contributed by atoms with van der Waals surface area (Å²) in [6, 6.07) is 11.1. The lowest BCUT2D eigenvalue weighted by molar-refractivity contribution is 0.104. The van der Waals surface area contributed by atoms with Crippen molar-refractivity contribution in [3.05, 3.63) is 57.1 Å². The van der Waals surface area contributed by atoms with E-state index >= 15 is 0 Å². The molecule has 8 nitrogen and oxygen atoms in total. The lowest BCUT2D eigenvalue weighted by atomic mass is 10.0. The number of imidazole rings is 1. The molecule has 5 heterocycles. The molecule has 0 N–H and O–H groups in total. The number of aryl methyl sites for hydroxylation is 2. The summed E-state index contributed by atoms with van der Waals surface area (Å²) in [6.07, 6.45) is 3.00. The largest absolute Gasteiger partial charge is 0.363 e. The summed E-state index contributed by atoms with van der Waals surface area (Å²) >= 11 is 1.75. The van der Waals surface area contributed by atoms with Crippen molar-refractivity contribution in [3.63, 3.8) is 0 Å². The van der Waals surface area contributed by atoms with Crippen molar-refractivity contribution < 1.29 is 0 Å². The topological polar surface area (TPSA) is 82.5 Å². The highest BCUT2D eigenvalue weighted by atomic mass is 32.1. The van der Waals surface area contributed by atoms with E-state index in [9.17, 15) is 4.79 Å². The number of aromatic nitrogens is 4.